The maximum atomic E-state index is 11.8. The molecule has 0 fully saturated rings. The number of nitrogens with zero attached hydrogens (tertiary/aromatic N) is 3. The predicted molar refractivity (Wildman–Crippen MR) is 71.1 cm³/mol. The molecule has 3 heterocycles. The minimum absolute atomic E-state index is 0.220. The van der Waals surface area contributed by atoms with Gasteiger partial charge in [-0.15, -0.1) is 0 Å². The van der Waals surface area contributed by atoms with Crippen molar-refractivity contribution in [3.8, 4) is 0 Å². The number of aliphatic imine (C=N–C) groups is 1. The predicted octanol–water partition coefficient (Wildman–Crippen LogP) is 1.39. The van der Waals surface area contributed by atoms with E-state index in [0.717, 1.165) is 11.1 Å². The Bertz CT molecular complexity index is 662. The lowest BCUT2D eigenvalue weighted by Crippen LogP contribution is -2.24. The molecule has 1 N–H and O–H groups in total. The summed E-state index contributed by atoms with van der Waals surface area (Å²) in [5.74, 6) is 0.302. The number of nitrogens with one attached hydrogen (secondary N) is 1. The highest BCUT2D eigenvalue weighted by Gasteiger charge is 2.20. The molecule has 0 saturated carbocycles. The third kappa shape index (κ3) is 2.40. The number of carbonyl (C=O) groups excluding carboxylic acids is 1. The highest BCUT2D eigenvalue weighted by atomic mass is 16.2. The number of amidine groups is 1. The molecule has 5 nitrogen and oxygen atoms in total. The van der Waals surface area contributed by atoms with Crippen LogP contribution in [0.2, 0.25) is 0 Å². The van der Waals surface area contributed by atoms with Crippen LogP contribution in [0.3, 0.4) is 0 Å². The van der Waals surface area contributed by atoms with Crippen LogP contribution in [0.15, 0.2) is 59.7 Å². The average Bonchev–Trinajstić information content (AvgIpc) is 2.82. The molecule has 0 spiro atoms. The van der Waals surface area contributed by atoms with Crippen molar-refractivity contribution in [3.63, 3.8) is 0 Å². The first-order valence-electron chi connectivity index (χ1n) is 5.75. The second kappa shape index (κ2) is 4.81. The van der Waals surface area contributed by atoms with Gasteiger partial charge in [-0.1, -0.05) is 6.07 Å². The zero-order chi connectivity index (χ0) is 13.1. The first-order valence-corrected chi connectivity index (χ1v) is 5.75. The van der Waals surface area contributed by atoms with E-state index in [0.29, 0.717) is 11.5 Å². The van der Waals surface area contributed by atoms with Crippen molar-refractivity contribution in [2.45, 2.75) is 0 Å². The monoisotopic (exact) mass is 250 g/mol. The maximum Gasteiger partial charge on any atom is 0.275 e. The highest BCUT2D eigenvalue weighted by Crippen LogP contribution is 2.13. The van der Waals surface area contributed by atoms with Gasteiger partial charge in [0.2, 0.25) is 0 Å². The second-order valence-electron chi connectivity index (χ2n) is 3.97. The summed E-state index contributed by atoms with van der Waals surface area (Å²) in [4.78, 5) is 24.1. The fourth-order valence-corrected chi connectivity index (χ4v) is 1.73. The first kappa shape index (κ1) is 11.3. The standard InChI is InChI=1S/C14H10N4O/c19-14-12(7-10-3-1-5-15-8-10)17-13(18-14)11-4-2-6-16-9-11/h1-9H,(H,17,18,19)/b12-7+. The Morgan fingerprint density at radius 1 is 1.05 bits per heavy atom. The Kier molecular flexibility index (Phi) is 2.86. The van der Waals surface area contributed by atoms with Crippen LogP contribution in [0.25, 0.3) is 6.08 Å². The number of carbonyl (C=O) groups is 1. The number of amides is 1. The van der Waals surface area contributed by atoms with Gasteiger partial charge in [0, 0.05) is 30.4 Å². The minimum atomic E-state index is -0.220. The molecule has 3 rings (SSSR count). The lowest BCUT2D eigenvalue weighted by atomic mass is 10.2. The van der Waals surface area contributed by atoms with Gasteiger partial charge in [0.05, 0.1) is 0 Å². The smallest absolute Gasteiger partial charge is 0.275 e. The molecule has 0 radical (unpaired) electrons. The van der Waals surface area contributed by atoms with E-state index in [9.17, 15) is 4.79 Å². The minimum Gasteiger partial charge on any atom is -0.305 e. The van der Waals surface area contributed by atoms with Crippen LogP contribution in [0.4, 0.5) is 0 Å². The fourth-order valence-electron chi connectivity index (χ4n) is 1.73. The summed E-state index contributed by atoms with van der Waals surface area (Å²) in [5, 5.41) is 2.72. The molecule has 0 unspecified atom stereocenters. The third-order valence-electron chi connectivity index (χ3n) is 2.62. The van der Waals surface area contributed by atoms with Gasteiger partial charge in [-0.3, -0.25) is 14.8 Å². The van der Waals surface area contributed by atoms with E-state index in [4.69, 9.17) is 0 Å². The largest absolute Gasteiger partial charge is 0.305 e. The van der Waals surface area contributed by atoms with E-state index in [2.05, 4.69) is 20.3 Å². The van der Waals surface area contributed by atoms with E-state index in [1.807, 2.05) is 18.2 Å². The summed E-state index contributed by atoms with van der Waals surface area (Å²) in [5.41, 5.74) is 1.99. The zero-order valence-corrected chi connectivity index (χ0v) is 9.95. The molecule has 19 heavy (non-hydrogen) atoms. The Labute approximate surface area is 109 Å². The summed E-state index contributed by atoms with van der Waals surface area (Å²) < 4.78 is 0. The van der Waals surface area contributed by atoms with Crippen molar-refractivity contribution < 1.29 is 4.79 Å². The Morgan fingerprint density at radius 3 is 2.53 bits per heavy atom. The van der Waals surface area contributed by atoms with Crippen molar-refractivity contribution in [1.82, 2.24) is 15.3 Å². The SMILES string of the molecule is O=C1NC(c2cccnc2)=N/C1=C/c1cccnc1. The maximum absolute atomic E-state index is 11.8. The zero-order valence-electron chi connectivity index (χ0n) is 9.95. The summed E-state index contributed by atoms with van der Waals surface area (Å²) in [6.07, 6.45) is 8.39. The van der Waals surface area contributed by atoms with Crippen LogP contribution in [-0.2, 0) is 4.79 Å². The van der Waals surface area contributed by atoms with Crippen LogP contribution in [-0.4, -0.2) is 21.7 Å². The average molecular weight is 250 g/mol. The fraction of sp³-hybridized carbons (Fsp3) is 0. The molecular weight excluding hydrogens is 240 g/mol. The van der Waals surface area contributed by atoms with Gasteiger partial charge in [0.15, 0.2) is 0 Å². The van der Waals surface area contributed by atoms with Crippen LogP contribution < -0.4 is 5.32 Å². The van der Waals surface area contributed by atoms with E-state index in [1.54, 1.807) is 36.9 Å². The van der Waals surface area contributed by atoms with Gasteiger partial charge in [-0.25, -0.2) is 4.99 Å². The van der Waals surface area contributed by atoms with Crippen LogP contribution >= 0.6 is 0 Å². The highest BCUT2D eigenvalue weighted by molar-refractivity contribution is 6.19. The molecule has 5 heteroatoms. The summed E-state index contributed by atoms with van der Waals surface area (Å²) >= 11 is 0. The van der Waals surface area contributed by atoms with Crippen molar-refractivity contribution in [2.75, 3.05) is 0 Å². The molecule has 2 aromatic heterocycles. The van der Waals surface area contributed by atoms with Crippen LogP contribution in [0, 0.1) is 0 Å². The Hall–Kier alpha value is -2.82. The molecule has 1 aliphatic rings. The molecule has 1 amide bonds. The van der Waals surface area contributed by atoms with E-state index < -0.39 is 0 Å². The summed E-state index contributed by atoms with van der Waals surface area (Å²) in [6, 6.07) is 7.32. The van der Waals surface area contributed by atoms with E-state index in [-0.39, 0.29) is 5.91 Å². The normalized spacial score (nSPS) is 16.3. The van der Waals surface area contributed by atoms with Gasteiger partial charge in [0.25, 0.3) is 5.91 Å². The third-order valence-corrected chi connectivity index (χ3v) is 2.62. The molecular formula is C14H10N4O. The molecule has 92 valence electrons. The molecule has 0 aliphatic carbocycles. The quantitative estimate of drug-likeness (QED) is 0.819. The number of hydrogen-bond donors (Lipinski definition) is 1. The Morgan fingerprint density at radius 2 is 1.84 bits per heavy atom. The second-order valence-corrected chi connectivity index (χ2v) is 3.97. The molecule has 0 atom stereocenters. The van der Waals surface area contributed by atoms with Crippen molar-refractivity contribution >= 4 is 17.8 Å². The van der Waals surface area contributed by atoms with Gasteiger partial charge < -0.3 is 5.32 Å². The van der Waals surface area contributed by atoms with E-state index in [1.165, 1.54) is 0 Å². The number of pyridine rings is 2. The molecule has 0 saturated heterocycles. The lowest BCUT2D eigenvalue weighted by molar-refractivity contribution is -0.115. The topological polar surface area (TPSA) is 67.2 Å². The summed E-state index contributed by atoms with van der Waals surface area (Å²) in [6.45, 7) is 0. The summed E-state index contributed by atoms with van der Waals surface area (Å²) in [7, 11) is 0. The van der Waals surface area contributed by atoms with Gasteiger partial charge in [0.1, 0.15) is 11.5 Å². The number of rotatable bonds is 2. The van der Waals surface area contributed by atoms with Gasteiger partial charge in [-0.2, -0.15) is 0 Å². The molecule has 1 aliphatic heterocycles. The van der Waals surface area contributed by atoms with Crippen molar-refractivity contribution in [1.29, 1.82) is 0 Å². The van der Waals surface area contributed by atoms with Crippen molar-refractivity contribution in [2.24, 2.45) is 4.99 Å². The number of aromatic nitrogens is 2. The van der Waals surface area contributed by atoms with Gasteiger partial charge in [-0.05, 0) is 29.8 Å². The lowest BCUT2D eigenvalue weighted by Gasteiger charge is -1.97. The van der Waals surface area contributed by atoms with Crippen LogP contribution in [0.1, 0.15) is 11.1 Å². The first-order chi connectivity index (χ1) is 9.33. The molecule has 0 aromatic carbocycles. The van der Waals surface area contributed by atoms with Crippen LogP contribution in [0.5, 0.6) is 0 Å². The number of hydrogen-bond acceptors (Lipinski definition) is 4. The van der Waals surface area contributed by atoms with Gasteiger partial charge >= 0.3 is 0 Å². The van der Waals surface area contributed by atoms with Crippen molar-refractivity contribution in [3.05, 3.63) is 65.9 Å². The molecule has 2 aromatic rings. The molecule has 0 bridgehead atoms. The van der Waals surface area contributed by atoms with E-state index >= 15 is 0 Å². The Balaban J connectivity index is 1.94.